The molecule has 2 heterocycles. The number of aromatic nitrogens is 1. The highest BCUT2D eigenvalue weighted by atomic mass is 32.1. The van der Waals surface area contributed by atoms with Crippen molar-refractivity contribution in [2.45, 2.75) is 26.4 Å². The first-order valence-electron chi connectivity index (χ1n) is 9.85. The summed E-state index contributed by atoms with van der Waals surface area (Å²) in [6.45, 7) is 4.07. The van der Waals surface area contributed by atoms with Crippen LogP contribution in [0.15, 0.2) is 71.4 Å². The van der Waals surface area contributed by atoms with E-state index in [0.717, 1.165) is 27.4 Å². The van der Waals surface area contributed by atoms with Gasteiger partial charge in [-0.05, 0) is 53.8 Å². The monoisotopic (exact) mass is 451 g/mol. The van der Waals surface area contributed by atoms with E-state index >= 15 is 0 Å². The zero-order valence-corrected chi connectivity index (χ0v) is 18.8. The molecule has 0 saturated heterocycles. The summed E-state index contributed by atoms with van der Waals surface area (Å²) in [6.07, 6.45) is 0. The summed E-state index contributed by atoms with van der Waals surface area (Å²) in [6, 6.07) is 18.4. The number of aryl methyl sites for hydroxylation is 1. The first-order valence-corrected chi connectivity index (χ1v) is 11.6. The average molecular weight is 452 g/mol. The zero-order valence-electron chi connectivity index (χ0n) is 17.2. The van der Waals surface area contributed by atoms with E-state index in [4.69, 9.17) is 4.98 Å². The van der Waals surface area contributed by atoms with Crippen LogP contribution in [0.25, 0.3) is 0 Å². The van der Waals surface area contributed by atoms with Crippen LogP contribution in [0.1, 0.15) is 34.7 Å². The summed E-state index contributed by atoms with van der Waals surface area (Å²) in [4.78, 5) is 19.8. The second-order valence-corrected chi connectivity index (χ2v) is 9.01. The van der Waals surface area contributed by atoms with Gasteiger partial charge in [-0.25, -0.2) is 9.37 Å². The van der Waals surface area contributed by atoms with Crippen molar-refractivity contribution in [3.05, 3.63) is 98.9 Å². The number of halogens is 1. The van der Waals surface area contributed by atoms with E-state index in [2.05, 4.69) is 11.4 Å². The van der Waals surface area contributed by atoms with Crippen molar-refractivity contribution < 1.29 is 9.18 Å². The molecule has 2 aromatic carbocycles. The maximum Gasteiger partial charge on any atom is 0.230 e. The Morgan fingerprint density at radius 3 is 2.61 bits per heavy atom. The van der Waals surface area contributed by atoms with E-state index in [0.29, 0.717) is 11.7 Å². The Kier molecular flexibility index (Phi) is 6.56. The van der Waals surface area contributed by atoms with E-state index in [1.165, 1.54) is 23.5 Å². The number of thiophene rings is 1. The Balaban J connectivity index is 1.54. The van der Waals surface area contributed by atoms with Crippen LogP contribution in [0, 0.1) is 12.7 Å². The highest BCUT2D eigenvalue weighted by Gasteiger charge is 2.19. The van der Waals surface area contributed by atoms with Gasteiger partial charge in [0.15, 0.2) is 5.13 Å². The minimum absolute atomic E-state index is 0.0635. The van der Waals surface area contributed by atoms with Gasteiger partial charge in [0.25, 0.3) is 0 Å². The molecule has 4 rings (SSSR count). The van der Waals surface area contributed by atoms with Gasteiger partial charge in [0.05, 0.1) is 17.4 Å². The van der Waals surface area contributed by atoms with Gasteiger partial charge >= 0.3 is 0 Å². The zero-order chi connectivity index (χ0) is 21.8. The predicted molar refractivity (Wildman–Crippen MR) is 126 cm³/mol. The number of nitrogens with one attached hydrogen (secondary N) is 1. The summed E-state index contributed by atoms with van der Waals surface area (Å²) in [5.41, 5.74) is 3.73. The van der Waals surface area contributed by atoms with Crippen molar-refractivity contribution in [2.24, 2.45) is 0 Å². The third kappa shape index (κ3) is 5.07. The molecule has 0 spiro atoms. The van der Waals surface area contributed by atoms with Crippen LogP contribution in [0.5, 0.6) is 0 Å². The number of benzene rings is 2. The van der Waals surface area contributed by atoms with Crippen molar-refractivity contribution in [1.29, 1.82) is 0 Å². The molecular formula is C24H22FN3OS2. The van der Waals surface area contributed by atoms with Crippen molar-refractivity contribution in [2.75, 3.05) is 4.90 Å². The molecule has 0 saturated carbocycles. The molecule has 158 valence electrons. The molecule has 1 N–H and O–H groups in total. The van der Waals surface area contributed by atoms with Gasteiger partial charge in [-0.1, -0.05) is 30.3 Å². The predicted octanol–water partition coefficient (Wildman–Crippen LogP) is 6.22. The second-order valence-electron chi connectivity index (χ2n) is 7.20. The Hall–Kier alpha value is -2.87. The fraction of sp³-hybridized carbons (Fsp3) is 0.167. The highest BCUT2D eigenvalue weighted by molar-refractivity contribution is 7.14. The van der Waals surface area contributed by atoms with Crippen LogP contribution in [0.4, 0.5) is 15.2 Å². The van der Waals surface area contributed by atoms with Crippen molar-refractivity contribution >= 4 is 39.4 Å². The topological polar surface area (TPSA) is 45.2 Å². The van der Waals surface area contributed by atoms with E-state index < -0.39 is 0 Å². The summed E-state index contributed by atoms with van der Waals surface area (Å²) in [5, 5.41) is 8.17. The molecule has 0 radical (unpaired) electrons. The second kappa shape index (κ2) is 9.51. The van der Waals surface area contributed by atoms with Gasteiger partial charge in [-0.2, -0.15) is 0 Å². The van der Waals surface area contributed by atoms with E-state index in [-0.39, 0.29) is 17.8 Å². The molecule has 4 aromatic rings. The fourth-order valence-electron chi connectivity index (χ4n) is 3.37. The first kappa shape index (κ1) is 21.4. The number of carbonyl (C=O) groups is 1. The number of amides is 1. The molecule has 0 unspecified atom stereocenters. The van der Waals surface area contributed by atoms with Gasteiger partial charge in [0, 0.05) is 23.7 Å². The lowest BCUT2D eigenvalue weighted by Crippen LogP contribution is -2.23. The maximum atomic E-state index is 13.4. The lowest BCUT2D eigenvalue weighted by atomic mass is 10.1. The Bertz CT molecular complexity index is 1160. The lowest BCUT2D eigenvalue weighted by molar-refractivity contribution is -0.115. The van der Waals surface area contributed by atoms with Gasteiger partial charge in [-0.3, -0.25) is 15.0 Å². The van der Waals surface area contributed by atoms with Gasteiger partial charge in [-0.15, -0.1) is 22.7 Å². The van der Waals surface area contributed by atoms with Gasteiger partial charge < -0.3 is 0 Å². The third-order valence-electron chi connectivity index (χ3n) is 4.82. The molecule has 0 bridgehead atoms. The number of anilines is 2. The molecule has 1 amide bonds. The average Bonchev–Trinajstić information content (AvgIpc) is 3.42. The third-order valence-corrected chi connectivity index (χ3v) is 6.64. The first-order chi connectivity index (χ1) is 15.0. The highest BCUT2D eigenvalue weighted by Crippen LogP contribution is 2.30. The molecular weight excluding hydrogens is 429 g/mol. The number of carbonyl (C=O) groups excluding carboxylic acids is 1. The van der Waals surface area contributed by atoms with Crippen LogP contribution in [-0.4, -0.2) is 10.9 Å². The van der Waals surface area contributed by atoms with E-state index in [9.17, 15) is 9.18 Å². The molecule has 1 atom stereocenters. The normalized spacial score (nSPS) is 12.0. The molecule has 0 aliphatic rings. The van der Waals surface area contributed by atoms with Crippen molar-refractivity contribution in [1.82, 2.24) is 10.3 Å². The SMILES string of the molecule is CC(=O)N(c1cccc(C)c1)c1nc(CN[C@H](c2ccc(F)cc2)c2cccs2)cs1. The Labute approximate surface area is 189 Å². The van der Waals surface area contributed by atoms with Crippen LogP contribution in [0.3, 0.4) is 0 Å². The number of rotatable bonds is 7. The maximum absolute atomic E-state index is 13.4. The molecule has 4 nitrogen and oxygen atoms in total. The molecule has 0 fully saturated rings. The quantitative estimate of drug-likeness (QED) is 0.363. The summed E-state index contributed by atoms with van der Waals surface area (Å²) in [5.74, 6) is -0.333. The molecule has 0 aliphatic carbocycles. The van der Waals surface area contributed by atoms with Crippen LogP contribution >= 0.6 is 22.7 Å². The number of hydrogen-bond acceptors (Lipinski definition) is 5. The fourth-order valence-corrected chi connectivity index (χ4v) is 5.09. The Morgan fingerprint density at radius 2 is 1.94 bits per heavy atom. The van der Waals surface area contributed by atoms with Crippen molar-refractivity contribution in [3.63, 3.8) is 0 Å². The van der Waals surface area contributed by atoms with Crippen LogP contribution < -0.4 is 10.2 Å². The Morgan fingerprint density at radius 1 is 1.13 bits per heavy atom. The summed E-state index contributed by atoms with van der Waals surface area (Å²) >= 11 is 3.09. The lowest BCUT2D eigenvalue weighted by Gasteiger charge is -2.19. The molecule has 0 aliphatic heterocycles. The molecule has 31 heavy (non-hydrogen) atoms. The number of nitrogens with zero attached hydrogens (tertiary/aromatic N) is 2. The molecule has 2 aromatic heterocycles. The minimum Gasteiger partial charge on any atom is -0.300 e. The summed E-state index contributed by atoms with van der Waals surface area (Å²) in [7, 11) is 0. The van der Waals surface area contributed by atoms with Crippen LogP contribution in [0.2, 0.25) is 0 Å². The minimum atomic E-state index is -0.252. The number of hydrogen-bond donors (Lipinski definition) is 1. The standard InChI is InChI=1S/C24H22FN3OS2/c1-16-5-3-6-21(13-16)28(17(2)29)24-27-20(15-31-24)14-26-23(22-7-4-12-30-22)18-8-10-19(25)11-9-18/h3-13,15,23,26H,14H2,1-2H3/t23-/m1/s1. The smallest absolute Gasteiger partial charge is 0.230 e. The molecule has 7 heteroatoms. The van der Waals surface area contributed by atoms with E-state index in [1.54, 1.807) is 35.3 Å². The van der Waals surface area contributed by atoms with Crippen molar-refractivity contribution in [3.8, 4) is 0 Å². The largest absolute Gasteiger partial charge is 0.300 e. The number of thiazole rings is 1. The van der Waals surface area contributed by atoms with E-state index in [1.807, 2.05) is 48.0 Å². The van der Waals surface area contributed by atoms with Gasteiger partial charge in [0.1, 0.15) is 5.82 Å². The van der Waals surface area contributed by atoms with Gasteiger partial charge in [0.2, 0.25) is 5.91 Å². The summed E-state index contributed by atoms with van der Waals surface area (Å²) < 4.78 is 13.4. The van der Waals surface area contributed by atoms with Crippen LogP contribution in [-0.2, 0) is 11.3 Å².